The van der Waals surface area contributed by atoms with E-state index >= 15 is 0 Å². The maximum Gasteiger partial charge on any atom is 0.341 e. The molecule has 2 N–H and O–H groups in total. The molecule has 1 amide bonds. The van der Waals surface area contributed by atoms with Crippen LogP contribution in [0.1, 0.15) is 24.0 Å². The Bertz CT molecular complexity index is 845. The number of carboxylic acid groups (broad SMARTS) is 1. The van der Waals surface area contributed by atoms with Gasteiger partial charge in [-0.25, -0.2) is 4.79 Å². The summed E-state index contributed by atoms with van der Waals surface area (Å²) in [5.74, 6) is -0.588. The standard InChI is InChI=1S/C20H20ClNO4/c1-13-10-15(26-12-18(23)24)6-7-17(13)22-19(25)20(8-9-20)11-14-4-2-3-5-16(14)21/h2-7,10H,8-9,11-12H2,1H3,(H,22,25)(H,23,24). The monoisotopic (exact) mass is 373 g/mol. The number of nitrogens with one attached hydrogen (secondary N) is 1. The minimum absolute atomic E-state index is 0.0141. The van der Waals surface area contributed by atoms with Gasteiger partial charge in [0, 0.05) is 10.7 Å². The number of halogens is 1. The van der Waals surface area contributed by atoms with Crippen molar-refractivity contribution in [3.8, 4) is 5.75 Å². The zero-order chi connectivity index (χ0) is 18.7. The molecule has 3 rings (SSSR count). The van der Waals surface area contributed by atoms with E-state index in [1.807, 2.05) is 31.2 Å². The quantitative estimate of drug-likeness (QED) is 0.767. The first kappa shape index (κ1) is 18.3. The molecule has 0 aromatic heterocycles. The Morgan fingerprint density at radius 2 is 1.96 bits per heavy atom. The highest BCUT2D eigenvalue weighted by molar-refractivity contribution is 6.31. The summed E-state index contributed by atoms with van der Waals surface area (Å²) < 4.78 is 5.15. The van der Waals surface area contributed by atoms with Crippen LogP contribution in [0.3, 0.4) is 0 Å². The lowest BCUT2D eigenvalue weighted by atomic mass is 9.95. The summed E-state index contributed by atoms with van der Waals surface area (Å²) in [6.45, 7) is 1.45. The number of carboxylic acids is 1. The van der Waals surface area contributed by atoms with Gasteiger partial charge in [-0.1, -0.05) is 29.8 Å². The summed E-state index contributed by atoms with van der Waals surface area (Å²) in [5.41, 5.74) is 2.09. The number of amides is 1. The molecular weight excluding hydrogens is 354 g/mol. The van der Waals surface area contributed by atoms with Crippen molar-refractivity contribution in [1.29, 1.82) is 0 Å². The van der Waals surface area contributed by atoms with E-state index in [-0.39, 0.29) is 5.91 Å². The molecule has 1 fully saturated rings. The molecule has 0 unspecified atom stereocenters. The second-order valence-electron chi connectivity index (χ2n) is 6.66. The maximum atomic E-state index is 12.8. The highest BCUT2D eigenvalue weighted by Crippen LogP contribution is 2.50. The molecule has 0 spiro atoms. The summed E-state index contributed by atoms with van der Waals surface area (Å²) in [7, 11) is 0. The fourth-order valence-corrected chi connectivity index (χ4v) is 3.11. The normalized spacial score (nSPS) is 14.5. The van der Waals surface area contributed by atoms with Gasteiger partial charge >= 0.3 is 5.97 Å². The highest BCUT2D eigenvalue weighted by atomic mass is 35.5. The van der Waals surface area contributed by atoms with Crippen LogP contribution in [0, 0.1) is 12.3 Å². The van der Waals surface area contributed by atoms with Gasteiger partial charge in [0.05, 0.1) is 5.41 Å². The fraction of sp³-hybridized carbons (Fsp3) is 0.300. The number of benzene rings is 2. The Morgan fingerprint density at radius 1 is 1.23 bits per heavy atom. The third kappa shape index (κ3) is 4.17. The lowest BCUT2D eigenvalue weighted by Gasteiger charge is -2.17. The van der Waals surface area contributed by atoms with E-state index in [9.17, 15) is 9.59 Å². The second kappa shape index (κ2) is 7.38. The number of anilines is 1. The molecule has 26 heavy (non-hydrogen) atoms. The Balaban J connectivity index is 1.68. The molecule has 2 aromatic carbocycles. The van der Waals surface area contributed by atoms with E-state index in [4.69, 9.17) is 21.4 Å². The largest absolute Gasteiger partial charge is 0.482 e. The van der Waals surface area contributed by atoms with Crippen LogP contribution in [0.15, 0.2) is 42.5 Å². The van der Waals surface area contributed by atoms with Crippen LogP contribution in [-0.4, -0.2) is 23.6 Å². The molecule has 6 heteroatoms. The van der Waals surface area contributed by atoms with E-state index in [0.717, 1.165) is 24.0 Å². The number of rotatable bonds is 7. The van der Waals surface area contributed by atoms with Crippen LogP contribution in [0.2, 0.25) is 5.02 Å². The van der Waals surface area contributed by atoms with Crippen LogP contribution in [0.4, 0.5) is 5.69 Å². The molecule has 0 bridgehead atoms. The maximum absolute atomic E-state index is 12.8. The molecule has 0 heterocycles. The number of carbonyl (C=O) groups excluding carboxylic acids is 1. The molecule has 0 saturated heterocycles. The number of aliphatic carboxylic acids is 1. The highest BCUT2D eigenvalue weighted by Gasteiger charge is 2.49. The Labute approximate surface area is 156 Å². The number of aryl methyl sites for hydroxylation is 1. The minimum atomic E-state index is -1.03. The average Bonchev–Trinajstić information content (AvgIpc) is 3.38. The lowest BCUT2D eigenvalue weighted by molar-refractivity contribution is -0.139. The first-order valence-corrected chi connectivity index (χ1v) is 8.77. The third-order valence-corrected chi connectivity index (χ3v) is 5.00. The van der Waals surface area contributed by atoms with Gasteiger partial charge in [0.15, 0.2) is 6.61 Å². The van der Waals surface area contributed by atoms with Gasteiger partial charge in [-0.15, -0.1) is 0 Å². The number of ether oxygens (including phenoxy) is 1. The molecule has 1 aliphatic carbocycles. The zero-order valence-electron chi connectivity index (χ0n) is 14.4. The van der Waals surface area contributed by atoms with E-state index in [1.54, 1.807) is 18.2 Å². The number of carbonyl (C=O) groups is 2. The van der Waals surface area contributed by atoms with E-state index < -0.39 is 18.0 Å². The molecule has 0 atom stereocenters. The predicted octanol–water partition coefficient (Wildman–Crippen LogP) is 4.07. The summed E-state index contributed by atoms with van der Waals surface area (Å²) in [6, 6.07) is 12.7. The van der Waals surface area contributed by atoms with Gasteiger partial charge < -0.3 is 15.2 Å². The van der Waals surface area contributed by atoms with E-state index in [1.165, 1.54) is 0 Å². The molecule has 0 aliphatic heterocycles. The molecule has 136 valence electrons. The van der Waals surface area contributed by atoms with Crippen LogP contribution >= 0.6 is 11.6 Å². The number of hydrogen-bond acceptors (Lipinski definition) is 3. The third-order valence-electron chi connectivity index (χ3n) is 4.63. The molecular formula is C20H20ClNO4. The van der Waals surface area contributed by atoms with Gasteiger partial charge in [-0.05, 0) is 61.6 Å². The summed E-state index contributed by atoms with van der Waals surface area (Å²) in [4.78, 5) is 23.4. The van der Waals surface area contributed by atoms with Crippen molar-refractivity contribution >= 4 is 29.2 Å². The molecule has 1 saturated carbocycles. The Morgan fingerprint density at radius 3 is 2.58 bits per heavy atom. The minimum Gasteiger partial charge on any atom is -0.482 e. The van der Waals surface area contributed by atoms with Crippen molar-refractivity contribution < 1.29 is 19.4 Å². The summed E-state index contributed by atoms with van der Waals surface area (Å²) >= 11 is 6.23. The van der Waals surface area contributed by atoms with Crippen molar-refractivity contribution in [3.63, 3.8) is 0 Å². The van der Waals surface area contributed by atoms with Crippen LogP contribution in [0.5, 0.6) is 5.75 Å². The predicted molar refractivity (Wildman–Crippen MR) is 99.8 cm³/mol. The SMILES string of the molecule is Cc1cc(OCC(=O)O)ccc1NC(=O)C1(Cc2ccccc2Cl)CC1. The fourth-order valence-electron chi connectivity index (χ4n) is 2.91. The van der Waals surface area contributed by atoms with Gasteiger partial charge in [0.25, 0.3) is 0 Å². The Kier molecular flexibility index (Phi) is 5.18. The van der Waals surface area contributed by atoms with Gasteiger partial charge in [0.2, 0.25) is 5.91 Å². The Hall–Kier alpha value is -2.53. The van der Waals surface area contributed by atoms with Gasteiger partial charge in [-0.2, -0.15) is 0 Å². The van der Waals surface area contributed by atoms with E-state index in [2.05, 4.69) is 5.32 Å². The first-order chi connectivity index (χ1) is 12.4. The smallest absolute Gasteiger partial charge is 0.341 e. The van der Waals surface area contributed by atoms with Crippen LogP contribution in [0.25, 0.3) is 0 Å². The van der Waals surface area contributed by atoms with Crippen molar-refractivity contribution in [2.75, 3.05) is 11.9 Å². The van der Waals surface area contributed by atoms with Crippen molar-refractivity contribution in [3.05, 3.63) is 58.6 Å². The van der Waals surface area contributed by atoms with Crippen LogP contribution in [-0.2, 0) is 16.0 Å². The molecule has 1 aliphatic rings. The molecule has 2 aromatic rings. The first-order valence-electron chi connectivity index (χ1n) is 8.40. The average molecular weight is 374 g/mol. The van der Waals surface area contributed by atoms with Crippen molar-refractivity contribution in [2.45, 2.75) is 26.2 Å². The van der Waals surface area contributed by atoms with Crippen molar-refractivity contribution in [1.82, 2.24) is 0 Å². The second-order valence-corrected chi connectivity index (χ2v) is 7.07. The molecule has 0 radical (unpaired) electrons. The van der Waals surface area contributed by atoms with Gasteiger partial charge in [0.1, 0.15) is 5.75 Å². The van der Waals surface area contributed by atoms with Crippen molar-refractivity contribution in [2.24, 2.45) is 5.41 Å². The lowest BCUT2D eigenvalue weighted by Crippen LogP contribution is -2.26. The summed E-state index contributed by atoms with van der Waals surface area (Å²) in [5, 5.41) is 12.3. The summed E-state index contributed by atoms with van der Waals surface area (Å²) in [6.07, 6.45) is 2.29. The van der Waals surface area contributed by atoms with Crippen LogP contribution < -0.4 is 10.1 Å². The zero-order valence-corrected chi connectivity index (χ0v) is 15.2. The molecule has 5 nitrogen and oxygen atoms in total. The van der Waals surface area contributed by atoms with Gasteiger partial charge in [-0.3, -0.25) is 4.79 Å². The topological polar surface area (TPSA) is 75.6 Å². The number of hydrogen-bond donors (Lipinski definition) is 2. The van der Waals surface area contributed by atoms with E-state index in [0.29, 0.717) is 22.9 Å².